The number of aliphatic imine (C=N–C) groups is 1. The number of ether oxygens (including phenoxy) is 2. The molecule has 0 aromatic heterocycles. The summed E-state index contributed by atoms with van der Waals surface area (Å²) in [5.74, 6) is 0.829. The average molecular weight is 439 g/mol. The molecule has 0 bridgehead atoms. The van der Waals surface area contributed by atoms with Gasteiger partial charge in [0.05, 0.1) is 30.8 Å². The fourth-order valence-corrected chi connectivity index (χ4v) is 5.40. The summed E-state index contributed by atoms with van der Waals surface area (Å²) in [4.78, 5) is 22.0. The highest BCUT2D eigenvalue weighted by Crippen LogP contribution is 2.49. The van der Waals surface area contributed by atoms with E-state index in [1.54, 1.807) is 18.9 Å². The van der Waals surface area contributed by atoms with Crippen LogP contribution in [-0.2, 0) is 14.3 Å². The molecule has 164 valence electrons. The van der Waals surface area contributed by atoms with Crippen LogP contribution in [0.1, 0.15) is 51.9 Å². The van der Waals surface area contributed by atoms with Gasteiger partial charge in [-0.3, -0.25) is 9.69 Å². The molecule has 0 atom stereocenters. The van der Waals surface area contributed by atoms with Crippen LogP contribution in [0, 0.1) is 5.92 Å². The van der Waals surface area contributed by atoms with Crippen LogP contribution in [-0.4, -0.2) is 25.7 Å². The molecule has 6 heteroatoms. The minimum atomic E-state index is 0.150. The standard InChI is InChI=1S/C25H30N2O3S/c1-3-30-25(29-2)26-19-14-15-23-21(17-19)27(20-11-7-8-12-22(20)31-23)24(28)16-13-18-9-5-4-6-10-18/h7-8,11-12,14-15,17-18H,3-6,9-10,13,16H2,1-2H3. The van der Waals surface area contributed by atoms with Gasteiger partial charge in [0.25, 0.3) is 0 Å². The van der Waals surface area contributed by atoms with Crippen molar-refractivity contribution in [1.82, 2.24) is 0 Å². The summed E-state index contributed by atoms with van der Waals surface area (Å²) in [6.45, 7) is 2.37. The number of anilines is 2. The minimum absolute atomic E-state index is 0.150. The number of hydrogen-bond donors (Lipinski definition) is 0. The smallest absolute Gasteiger partial charge is 0.388 e. The van der Waals surface area contributed by atoms with Crippen molar-refractivity contribution in [2.75, 3.05) is 18.6 Å². The molecule has 4 rings (SSSR count). The van der Waals surface area contributed by atoms with Crippen LogP contribution < -0.4 is 4.90 Å². The Morgan fingerprint density at radius 1 is 1.10 bits per heavy atom. The third-order valence-corrected chi connectivity index (χ3v) is 7.04. The van der Waals surface area contributed by atoms with Crippen molar-refractivity contribution in [2.45, 2.75) is 61.7 Å². The molecule has 2 aromatic rings. The molecule has 1 fully saturated rings. The van der Waals surface area contributed by atoms with E-state index in [2.05, 4.69) is 11.1 Å². The molecule has 1 aliphatic heterocycles. The second kappa shape index (κ2) is 10.2. The van der Waals surface area contributed by atoms with Gasteiger partial charge >= 0.3 is 6.08 Å². The maximum Gasteiger partial charge on any atom is 0.388 e. The van der Waals surface area contributed by atoms with E-state index in [9.17, 15) is 4.79 Å². The van der Waals surface area contributed by atoms with Gasteiger partial charge in [0, 0.05) is 16.2 Å². The molecule has 2 aromatic carbocycles. The number of para-hydroxylation sites is 1. The molecule has 0 unspecified atom stereocenters. The number of amides is 1. The van der Waals surface area contributed by atoms with Crippen molar-refractivity contribution < 1.29 is 14.3 Å². The molecule has 1 aliphatic carbocycles. The van der Waals surface area contributed by atoms with E-state index >= 15 is 0 Å². The first-order valence-corrected chi connectivity index (χ1v) is 12.0. The Hall–Kier alpha value is -2.47. The molecule has 1 saturated carbocycles. The van der Waals surface area contributed by atoms with Crippen LogP contribution in [0.15, 0.2) is 57.2 Å². The summed E-state index contributed by atoms with van der Waals surface area (Å²) < 4.78 is 10.6. The lowest BCUT2D eigenvalue weighted by Crippen LogP contribution is -2.28. The molecule has 5 nitrogen and oxygen atoms in total. The highest BCUT2D eigenvalue weighted by atomic mass is 32.2. The average Bonchev–Trinajstić information content (AvgIpc) is 2.81. The maximum absolute atomic E-state index is 13.5. The van der Waals surface area contributed by atoms with E-state index in [4.69, 9.17) is 9.47 Å². The molecular weight excluding hydrogens is 408 g/mol. The Morgan fingerprint density at radius 2 is 1.87 bits per heavy atom. The molecule has 0 spiro atoms. The lowest BCUT2D eigenvalue weighted by atomic mass is 9.86. The summed E-state index contributed by atoms with van der Waals surface area (Å²) in [5.41, 5.74) is 2.53. The molecule has 31 heavy (non-hydrogen) atoms. The first-order chi connectivity index (χ1) is 15.2. The summed E-state index contributed by atoms with van der Waals surface area (Å²) in [6.07, 6.45) is 8.21. The number of carbonyl (C=O) groups is 1. The SMILES string of the molecule is CCOC(=Nc1ccc2c(c1)N(C(=O)CCC1CCCCC1)c1ccccc1S2)OC. The largest absolute Gasteiger partial charge is 0.454 e. The summed E-state index contributed by atoms with van der Waals surface area (Å²) in [5, 5.41) is 0. The zero-order valence-electron chi connectivity index (χ0n) is 18.3. The van der Waals surface area contributed by atoms with Gasteiger partial charge in [-0.05, 0) is 49.6 Å². The molecular formula is C25H30N2O3S. The van der Waals surface area contributed by atoms with Crippen molar-refractivity contribution >= 4 is 40.8 Å². The maximum atomic E-state index is 13.5. The number of hydrogen-bond acceptors (Lipinski definition) is 5. The molecule has 0 saturated heterocycles. The topological polar surface area (TPSA) is 51.1 Å². The molecule has 0 radical (unpaired) electrons. The van der Waals surface area contributed by atoms with Gasteiger partial charge in [-0.15, -0.1) is 0 Å². The lowest BCUT2D eigenvalue weighted by molar-refractivity contribution is -0.118. The van der Waals surface area contributed by atoms with Crippen LogP contribution in [0.3, 0.4) is 0 Å². The molecule has 2 aliphatic rings. The highest BCUT2D eigenvalue weighted by Gasteiger charge is 2.29. The van der Waals surface area contributed by atoms with Gasteiger partial charge in [-0.1, -0.05) is 56.0 Å². The van der Waals surface area contributed by atoms with E-state index in [-0.39, 0.29) is 12.0 Å². The van der Waals surface area contributed by atoms with Crippen molar-refractivity contribution in [2.24, 2.45) is 10.9 Å². The first kappa shape index (κ1) is 21.8. The van der Waals surface area contributed by atoms with Crippen molar-refractivity contribution in [3.05, 3.63) is 42.5 Å². The van der Waals surface area contributed by atoms with Gasteiger partial charge in [0.15, 0.2) is 0 Å². The van der Waals surface area contributed by atoms with Crippen LogP contribution in [0.25, 0.3) is 0 Å². The number of fused-ring (bicyclic) bond motifs is 2. The van der Waals surface area contributed by atoms with Crippen LogP contribution in [0.4, 0.5) is 17.1 Å². The Labute approximate surface area is 188 Å². The molecule has 1 amide bonds. The van der Waals surface area contributed by atoms with E-state index in [1.165, 1.54) is 32.1 Å². The van der Waals surface area contributed by atoms with Crippen LogP contribution >= 0.6 is 11.8 Å². The Morgan fingerprint density at radius 3 is 2.65 bits per heavy atom. The third-order valence-electron chi connectivity index (χ3n) is 5.91. The summed E-state index contributed by atoms with van der Waals surface area (Å²) in [6, 6.07) is 14.0. The number of methoxy groups -OCH3 is 1. The predicted molar refractivity (Wildman–Crippen MR) is 126 cm³/mol. The monoisotopic (exact) mass is 438 g/mol. The van der Waals surface area contributed by atoms with Crippen molar-refractivity contribution in [1.29, 1.82) is 0 Å². The minimum Gasteiger partial charge on any atom is -0.454 e. The van der Waals surface area contributed by atoms with Crippen LogP contribution in [0.5, 0.6) is 0 Å². The van der Waals surface area contributed by atoms with Gasteiger partial charge in [0.2, 0.25) is 5.91 Å². The normalized spacial score (nSPS) is 16.5. The van der Waals surface area contributed by atoms with Crippen molar-refractivity contribution in [3.63, 3.8) is 0 Å². The Balaban J connectivity index is 1.63. The van der Waals surface area contributed by atoms with E-state index < -0.39 is 0 Å². The summed E-state index contributed by atoms with van der Waals surface area (Å²) in [7, 11) is 1.54. The molecule has 1 heterocycles. The zero-order chi connectivity index (χ0) is 21.6. The van der Waals surface area contributed by atoms with Gasteiger partial charge in [-0.2, -0.15) is 4.99 Å². The molecule has 0 N–H and O–H groups in total. The van der Waals surface area contributed by atoms with Crippen molar-refractivity contribution in [3.8, 4) is 0 Å². The predicted octanol–water partition coefficient (Wildman–Crippen LogP) is 6.85. The van der Waals surface area contributed by atoms with Gasteiger partial charge in [-0.25, -0.2) is 0 Å². The lowest BCUT2D eigenvalue weighted by Gasteiger charge is -2.32. The second-order valence-corrected chi connectivity index (χ2v) is 9.09. The van der Waals surface area contributed by atoms with E-state index in [0.29, 0.717) is 24.6 Å². The zero-order valence-corrected chi connectivity index (χ0v) is 19.1. The second-order valence-electron chi connectivity index (χ2n) is 8.01. The Kier molecular flexibility index (Phi) is 7.17. The number of benzene rings is 2. The summed E-state index contributed by atoms with van der Waals surface area (Å²) >= 11 is 1.69. The highest BCUT2D eigenvalue weighted by molar-refractivity contribution is 7.99. The fourth-order valence-electron chi connectivity index (χ4n) is 4.36. The van der Waals surface area contributed by atoms with Gasteiger partial charge < -0.3 is 9.47 Å². The number of nitrogens with zero attached hydrogens (tertiary/aromatic N) is 2. The van der Waals surface area contributed by atoms with Gasteiger partial charge in [0.1, 0.15) is 0 Å². The Bertz CT molecular complexity index is 954. The van der Waals surface area contributed by atoms with Crippen LogP contribution in [0.2, 0.25) is 0 Å². The van der Waals surface area contributed by atoms with E-state index in [0.717, 1.165) is 27.6 Å². The van der Waals surface area contributed by atoms with E-state index in [1.807, 2.05) is 48.2 Å². The third kappa shape index (κ3) is 5.06. The quantitative estimate of drug-likeness (QED) is 0.378. The number of carbonyl (C=O) groups excluding carboxylic acids is 1. The fraction of sp³-hybridized carbons (Fsp3) is 0.440. The number of rotatable bonds is 5. The first-order valence-electron chi connectivity index (χ1n) is 11.2.